The normalized spacial score (nSPS) is 18.1. The van der Waals surface area contributed by atoms with Crippen LogP contribution in [0.1, 0.15) is 35.7 Å². The van der Waals surface area contributed by atoms with Gasteiger partial charge in [0.15, 0.2) is 0 Å². The molecule has 1 aliphatic heterocycles. The zero-order chi connectivity index (χ0) is 14.7. The van der Waals surface area contributed by atoms with Crippen LogP contribution in [0.2, 0.25) is 0 Å². The van der Waals surface area contributed by atoms with E-state index in [2.05, 4.69) is 46.4 Å². The number of hydrogen-bond donors (Lipinski definition) is 1. The van der Waals surface area contributed by atoms with E-state index in [4.69, 9.17) is 4.42 Å². The van der Waals surface area contributed by atoms with Gasteiger partial charge in [0.2, 0.25) is 5.89 Å². The molecule has 1 N–H and O–H groups in total. The highest BCUT2D eigenvalue weighted by Gasteiger charge is 2.24. The first kappa shape index (κ1) is 20.0. The lowest BCUT2D eigenvalue weighted by atomic mass is 10.0. The Labute approximate surface area is 150 Å². The lowest BCUT2D eigenvalue weighted by Gasteiger charge is -2.35. The van der Waals surface area contributed by atoms with E-state index < -0.39 is 0 Å². The van der Waals surface area contributed by atoms with Gasteiger partial charge in [-0.15, -0.1) is 24.8 Å². The van der Waals surface area contributed by atoms with Crippen LogP contribution in [0.3, 0.4) is 0 Å². The number of rotatable bonds is 4. The van der Waals surface area contributed by atoms with E-state index in [0.29, 0.717) is 6.04 Å². The van der Waals surface area contributed by atoms with E-state index >= 15 is 0 Å². The largest absolute Gasteiger partial charge is 0.445 e. The third-order valence-corrected chi connectivity index (χ3v) is 4.13. The van der Waals surface area contributed by atoms with Crippen LogP contribution in [0.4, 0.5) is 0 Å². The molecule has 128 valence electrons. The molecular weight excluding hydrogens is 333 g/mol. The van der Waals surface area contributed by atoms with Crippen molar-refractivity contribution >= 4 is 24.8 Å². The van der Waals surface area contributed by atoms with Gasteiger partial charge in [0.05, 0.1) is 12.7 Å². The molecular formula is C17H25Cl2N3O. The van der Waals surface area contributed by atoms with Crippen molar-refractivity contribution < 1.29 is 4.42 Å². The highest BCUT2D eigenvalue weighted by Crippen LogP contribution is 2.24. The third-order valence-electron chi connectivity index (χ3n) is 4.13. The first-order valence-corrected chi connectivity index (χ1v) is 7.71. The second-order valence-electron chi connectivity index (χ2n) is 5.65. The van der Waals surface area contributed by atoms with Crippen molar-refractivity contribution in [2.75, 3.05) is 19.6 Å². The van der Waals surface area contributed by atoms with Crippen molar-refractivity contribution in [1.82, 2.24) is 15.2 Å². The fraction of sp³-hybridized carbons (Fsp3) is 0.471. The molecule has 4 nitrogen and oxygen atoms in total. The van der Waals surface area contributed by atoms with Crippen LogP contribution >= 0.6 is 24.8 Å². The number of oxazole rings is 1. The summed E-state index contributed by atoms with van der Waals surface area (Å²) in [4.78, 5) is 6.78. The van der Waals surface area contributed by atoms with Crippen molar-refractivity contribution in [3.05, 3.63) is 53.2 Å². The van der Waals surface area contributed by atoms with Gasteiger partial charge in [0.25, 0.3) is 0 Å². The van der Waals surface area contributed by atoms with Gasteiger partial charge >= 0.3 is 0 Å². The average molecular weight is 358 g/mol. The van der Waals surface area contributed by atoms with Crippen LogP contribution in [-0.2, 0) is 13.0 Å². The first-order chi connectivity index (χ1) is 10.3. The standard InChI is InChI=1S/C17H23N3O.2ClH/c1-3-14-4-6-15(7-5-14)16-11-18-8-9-20(16)12-17-19-10-13(2)21-17;;/h4-7,10,16,18H,3,8-9,11-12H2,1-2H3;2*1H. The maximum Gasteiger partial charge on any atom is 0.208 e. The van der Waals surface area contributed by atoms with E-state index in [1.54, 1.807) is 6.20 Å². The van der Waals surface area contributed by atoms with Gasteiger partial charge in [-0.1, -0.05) is 31.2 Å². The Hall–Kier alpha value is -1.07. The van der Waals surface area contributed by atoms with E-state index in [0.717, 1.165) is 44.3 Å². The maximum atomic E-state index is 5.63. The SMILES string of the molecule is CCc1ccc(C2CNCCN2Cc2ncc(C)o2)cc1.Cl.Cl. The van der Waals surface area contributed by atoms with Gasteiger partial charge < -0.3 is 9.73 Å². The van der Waals surface area contributed by atoms with Crippen LogP contribution in [-0.4, -0.2) is 29.5 Å². The summed E-state index contributed by atoms with van der Waals surface area (Å²) >= 11 is 0. The Morgan fingerprint density at radius 1 is 1.26 bits per heavy atom. The molecule has 2 aromatic rings. The number of aryl methyl sites for hydroxylation is 2. The molecule has 23 heavy (non-hydrogen) atoms. The van der Waals surface area contributed by atoms with Gasteiger partial charge in [-0.2, -0.15) is 0 Å². The summed E-state index contributed by atoms with van der Waals surface area (Å²) in [6, 6.07) is 9.36. The first-order valence-electron chi connectivity index (χ1n) is 7.71. The molecule has 1 atom stereocenters. The molecule has 0 spiro atoms. The minimum absolute atomic E-state index is 0. The van der Waals surface area contributed by atoms with Gasteiger partial charge in [-0.25, -0.2) is 4.98 Å². The van der Waals surface area contributed by atoms with Crippen LogP contribution in [0.25, 0.3) is 0 Å². The molecule has 0 bridgehead atoms. The van der Waals surface area contributed by atoms with Gasteiger partial charge in [-0.05, 0) is 24.5 Å². The zero-order valence-electron chi connectivity index (χ0n) is 13.6. The summed E-state index contributed by atoms with van der Waals surface area (Å²) in [6.45, 7) is 7.91. The molecule has 1 aliphatic rings. The lowest BCUT2D eigenvalue weighted by molar-refractivity contribution is 0.139. The highest BCUT2D eigenvalue weighted by atomic mass is 35.5. The van der Waals surface area contributed by atoms with Gasteiger partial charge in [0, 0.05) is 25.7 Å². The summed E-state index contributed by atoms with van der Waals surface area (Å²) in [5, 5.41) is 3.49. The number of hydrogen-bond acceptors (Lipinski definition) is 4. The van der Waals surface area contributed by atoms with Gasteiger partial charge in [-0.3, -0.25) is 4.90 Å². The number of piperazine rings is 1. The zero-order valence-corrected chi connectivity index (χ0v) is 15.3. The fourth-order valence-electron chi connectivity index (χ4n) is 2.89. The Balaban J connectivity index is 0.00000132. The van der Waals surface area contributed by atoms with E-state index in [1.807, 2.05) is 6.92 Å². The Morgan fingerprint density at radius 3 is 2.61 bits per heavy atom. The van der Waals surface area contributed by atoms with Crippen molar-refractivity contribution in [1.29, 1.82) is 0 Å². The molecule has 0 amide bonds. The quantitative estimate of drug-likeness (QED) is 0.908. The average Bonchev–Trinajstić information content (AvgIpc) is 2.93. The molecule has 1 aromatic heterocycles. The molecule has 0 aliphatic carbocycles. The Morgan fingerprint density at radius 2 is 2.00 bits per heavy atom. The summed E-state index contributed by atoms with van der Waals surface area (Å²) < 4.78 is 5.63. The third kappa shape index (κ3) is 4.95. The van der Waals surface area contributed by atoms with Crippen molar-refractivity contribution in [2.45, 2.75) is 32.9 Å². The van der Waals surface area contributed by atoms with E-state index in [1.165, 1.54) is 11.1 Å². The molecule has 0 saturated carbocycles. The number of nitrogens with one attached hydrogen (secondary N) is 1. The van der Waals surface area contributed by atoms with Crippen molar-refractivity contribution in [2.24, 2.45) is 0 Å². The lowest BCUT2D eigenvalue weighted by Crippen LogP contribution is -2.45. The summed E-state index contributed by atoms with van der Waals surface area (Å²) in [5.74, 6) is 1.69. The monoisotopic (exact) mass is 357 g/mol. The molecule has 1 saturated heterocycles. The second kappa shape index (κ2) is 9.28. The van der Waals surface area contributed by atoms with Crippen molar-refractivity contribution in [3.63, 3.8) is 0 Å². The van der Waals surface area contributed by atoms with Crippen LogP contribution in [0.15, 0.2) is 34.9 Å². The van der Waals surface area contributed by atoms with E-state index in [-0.39, 0.29) is 24.8 Å². The smallest absolute Gasteiger partial charge is 0.208 e. The van der Waals surface area contributed by atoms with Gasteiger partial charge in [0.1, 0.15) is 5.76 Å². The summed E-state index contributed by atoms with van der Waals surface area (Å²) in [6.07, 6.45) is 2.88. The highest BCUT2D eigenvalue weighted by molar-refractivity contribution is 5.85. The topological polar surface area (TPSA) is 41.3 Å². The molecule has 1 aromatic carbocycles. The molecule has 0 radical (unpaired) electrons. The molecule has 3 rings (SSSR count). The van der Waals surface area contributed by atoms with Crippen LogP contribution in [0.5, 0.6) is 0 Å². The number of nitrogens with zero attached hydrogens (tertiary/aromatic N) is 2. The number of halogens is 2. The van der Waals surface area contributed by atoms with Crippen LogP contribution < -0.4 is 5.32 Å². The second-order valence-corrected chi connectivity index (χ2v) is 5.65. The maximum absolute atomic E-state index is 5.63. The molecule has 2 heterocycles. The fourth-order valence-corrected chi connectivity index (χ4v) is 2.89. The summed E-state index contributed by atoms with van der Waals surface area (Å²) in [5.41, 5.74) is 2.75. The minimum atomic E-state index is 0. The predicted octanol–water partition coefficient (Wildman–Crippen LogP) is 3.54. The van der Waals surface area contributed by atoms with Crippen molar-refractivity contribution in [3.8, 4) is 0 Å². The minimum Gasteiger partial charge on any atom is -0.445 e. The molecule has 6 heteroatoms. The van der Waals surface area contributed by atoms with E-state index in [9.17, 15) is 0 Å². The number of aromatic nitrogens is 1. The predicted molar refractivity (Wildman–Crippen MR) is 97.6 cm³/mol. The molecule has 1 fully saturated rings. The Bertz CT molecular complexity index is 586. The Kier molecular flexibility index (Phi) is 8.06. The summed E-state index contributed by atoms with van der Waals surface area (Å²) in [7, 11) is 0. The number of benzene rings is 1. The molecule has 1 unspecified atom stereocenters. The van der Waals surface area contributed by atoms with Crippen LogP contribution in [0, 0.1) is 6.92 Å².